The first-order chi connectivity index (χ1) is 6.93. The summed E-state index contributed by atoms with van der Waals surface area (Å²) in [5.74, 6) is -0.951. The Labute approximate surface area is 91.0 Å². The van der Waals surface area contributed by atoms with Gasteiger partial charge in [-0.15, -0.1) is 0 Å². The zero-order valence-corrected chi connectivity index (χ0v) is 10.7. The maximum Gasteiger partial charge on any atom is 0.507 e. The van der Waals surface area contributed by atoms with E-state index >= 15 is 0 Å². The van der Waals surface area contributed by atoms with Crippen LogP contribution in [0.2, 0.25) is 5.54 Å². The maximum absolute atomic E-state index is 10.7. The van der Waals surface area contributed by atoms with Gasteiger partial charge in [0.1, 0.15) is 0 Å². The second kappa shape index (κ2) is 6.01. The van der Waals surface area contributed by atoms with Crippen LogP contribution in [0.1, 0.15) is 13.8 Å². The van der Waals surface area contributed by atoms with E-state index in [-0.39, 0.29) is 11.1 Å². The van der Waals surface area contributed by atoms with Crippen molar-refractivity contribution in [2.24, 2.45) is 0 Å². The minimum absolute atomic E-state index is 0.200. The SMILES string of the molecule is CO[Si](OC)(OC)C(C)/C=C(\C)C(=O)O. The molecular formula is C9H18O5Si. The van der Waals surface area contributed by atoms with Crippen LogP contribution in [0.5, 0.6) is 0 Å². The van der Waals surface area contributed by atoms with E-state index in [1.165, 1.54) is 28.3 Å². The predicted octanol–water partition coefficient (Wildman–Crippen LogP) is 1.29. The lowest BCUT2D eigenvalue weighted by Crippen LogP contribution is -2.46. The van der Waals surface area contributed by atoms with Crippen molar-refractivity contribution in [3.05, 3.63) is 11.6 Å². The third-order valence-corrected chi connectivity index (χ3v) is 5.24. The van der Waals surface area contributed by atoms with Crippen LogP contribution in [0.3, 0.4) is 0 Å². The number of hydrogen-bond donors (Lipinski definition) is 1. The van der Waals surface area contributed by atoms with Crippen molar-refractivity contribution in [1.82, 2.24) is 0 Å². The van der Waals surface area contributed by atoms with Crippen molar-refractivity contribution in [3.8, 4) is 0 Å². The standard InChI is InChI=1S/C9H18O5Si/c1-7(9(10)11)6-8(2)15(12-3,13-4)14-5/h6,8H,1-5H3,(H,10,11)/b7-6+. The molecule has 1 N–H and O–H groups in total. The lowest BCUT2D eigenvalue weighted by atomic mass is 10.2. The van der Waals surface area contributed by atoms with Gasteiger partial charge in [-0.3, -0.25) is 0 Å². The highest BCUT2D eigenvalue weighted by molar-refractivity contribution is 6.62. The first-order valence-corrected chi connectivity index (χ1v) is 6.30. The molecule has 15 heavy (non-hydrogen) atoms. The Morgan fingerprint density at radius 2 is 1.67 bits per heavy atom. The number of carbonyl (C=O) groups is 1. The molecule has 0 aliphatic heterocycles. The van der Waals surface area contributed by atoms with E-state index in [9.17, 15) is 4.79 Å². The molecule has 0 spiro atoms. The average molecular weight is 234 g/mol. The average Bonchev–Trinajstić information content (AvgIpc) is 2.21. The van der Waals surface area contributed by atoms with Crippen LogP contribution in [-0.4, -0.2) is 41.2 Å². The minimum Gasteiger partial charge on any atom is -0.478 e. The topological polar surface area (TPSA) is 65.0 Å². The van der Waals surface area contributed by atoms with Crippen LogP contribution in [0.25, 0.3) is 0 Å². The largest absolute Gasteiger partial charge is 0.507 e. The fraction of sp³-hybridized carbons (Fsp3) is 0.667. The van der Waals surface area contributed by atoms with Crippen LogP contribution in [-0.2, 0) is 18.1 Å². The molecule has 0 rings (SSSR count). The number of carboxylic acid groups (broad SMARTS) is 1. The maximum atomic E-state index is 10.7. The van der Waals surface area contributed by atoms with Gasteiger partial charge in [-0.25, -0.2) is 4.79 Å². The lowest BCUT2D eigenvalue weighted by Gasteiger charge is -2.28. The molecule has 0 aliphatic rings. The van der Waals surface area contributed by atoms with Gasteiger partial charge < -0.3 is 18.4 Å². The van der Waals surface area contributed by atoms with Gasteiger partial charge in [0.25, 0.3) is 0 Å². The molecule has 0 aromatic rings. The fourth-order valence-corrected chi connectivity index (χ4v) is 3.43. The molecule has 0 aliphatic carbocycles. The van der Waals surface area contributed by atoms with Crippen LogP contribution in [0.4, 0.5) is 0 Å². The number of allylic oxidation sites excluding steroid dienone is 1. The Bertz CT molecular complexity index is 239. The summed E-state index contributed by atoms with van der Waals surface area (Å²) >= 11 is 0. The van der Waals surface area contributed by atoms with Gasteiger partial charge in [0.15, 0.2) is 0 Å². The Balaban J connectivity index is 4.87. The van der Waals surface area contributed by atoms with Gasteiger partial charge in [-0.2, -0.15) is 0 Å². The van der Waals surface area contributed by atoms with E-state index in [0.717, 1.165) is 0 Å². The third-order valence-electron chi connectivity index (χ3n) is 2.25. The molecule has 0 fully saturated rings. The van der Waals surface area contributed by atoms with Crippen LogP contribution in [0.15, 0.2) is 11.6 Å². The molecule has 0 aromatic carbocycles. The second-order valence-electron chi connectivity index (χ2n) is 3.16. The van der Waals surface area contributed by atoms with Crippen LogP contribution < -0.4 is 0 Å². The van der Waals surface area contributed by atoms with Gasteiger partial charge in [-0.05, 0) is 6.92 Å². The van der Waals surface area contributed by atoms with Gasteiger partial charge in [0.2, 0.25) is 0 Å². The number of aliphatic carboxylic acids is 1. The van der Waals surface area contributed by atoms with Crippen LogP contribution >= 0.6 is 0 Å². The summed E-state index contributed by atoms with van der Waals surface area (Å²) in [4.78, 5) is 10.7. The van der Waals surface area contributed by atoms with Gasteiger partial charge in [-0.1, -0.05) is 13.0 Å². The summed E-state index contributed by atoms with van der Waals surface area (Å²) in [5, 5.41) is 8.74. The molecule has 1 atom stereocenters. The molecule has 6 heteroatoms. The second-order valence-corrected chi connectivity index (χ2v) is 6.50. The summed E-state index contributed by atoms with van der Waals surface area (Å²) in [6.07, 6.45) is 1.59. The van der Waals surface area contributed by atoms with E-state index in [1.807, 2.05) is 6.92 Å². The van der Waals surface area contributed by atoms with Crippen molar-refractivity contribution in [1.29, 1.82) is 0 Å². The van der Waals surface area contributed by atoms with E-state index in [4.69, 9.17) is 18.4 Å². The zero-order chi connectivity index (χ0) is 12.1. The first-order valence-electron chi connectivity index (χ1n) is 4.50. The first kappa shape index (κ1) is 14.3. The molecule has 0 amide bonds. The fourth-order valence-electron chi connectivity index (χ4n) is 1.36. The molecular weight excluding hydrogens is 216 g/mol. The molecule has 0 saturated heterocycles. The van der Waals surface area contributed by atoms with Crippen molar-refractivity contribution in [3.63, 3.8) is 0 Å². The minimum atomic E-state index is -2.77. The summed E-state index contributed by atoms with van der Waals surface area (Å²) in [5.41, 5.74) is 0.0547. The molecule has 0 aromatic heterocycles. The lowest BCUT2D eigenvalue weighted by molar-refractivity contribution is -0.132. The molecule has 0 bridgehead atoms. The molecule has 0 radical (unpaired) electrons. The Morgan fingerprint density at radius 1 is 1.27 bits per heavy atom. The molecule has 0 heterocycles. The number of carboxylic acids is 1. The van der Waals surface area contributed by atoms with Crippen molar-refractivity contribution < 1.29 is 23.2 Å². The highest BCUT2D eigenvalue weighted by atomic mass is 28.4. The molecule has 5 nitrogen and oxygen atoms in total. The summed E-state index contributed by atoms with van der Waals surface area (Å²) in [7, 11) is 1.73. The monoisotopic (exact) mass is 234 g/mol. The van der Waals surface area contributed by atoms with Crippen LogP contribution in [0, 0.1) is 0 Å². The Morgan fingerprint density at radius 3 is 1.93 bits per heavy atom. The van der Waals surface area contributed by atoms with Gasteiger partial charge in [0, 0.05) is 32.4 Å². The van der Waals surface area contributed by atoms with Crippen molar-refractivity contribution in [2.75, 3.05) is 21.3 Å². The van der Waals surface area contributed by atoms with E-state index in [0.29, 0.717) is 0 Å². The molecule has 0 saturated carbocycles. The van der Waals surface area contributed by atoms with Crippen molar-refractivity contribution >= 4 is 14.8 Å². The molecule has 1 unspecified atom stereocenters. The summed E-state index contributed by atoms with van der Waals surface area (Å²) in [6.45, 7) is 3.34. The van der Waals surface area contributed by atoms with Gasteiger partial charge in [0.05, 0.1) is 0 Å². The number of rotatable bonds is 6. The highest BCUT2D eigenvalue weighted by Crippen LogP contribution is 2.25. The molecule has 88 valence electrons. The summed E-state index contributed by atoms with van der Waals surface area (Å²) in [6, 6.07) is 0. The highest BCUT2D eigenvalue weighted by Gasteiger charge is 2.43. The quantitative estimate of drug-likeness (QED) is 0.554. The zero-order valence-electron chi connectivity index (χ0n) is 9.73. The third kappa shape index (κ3) is 3.42. The van der Waals surface area contributed by atoms with E-state index < -0.39 is 14.8 Å². The van der Waals surface area contributed by atoms with Crippen molar-refractivity contribution in [2.45, 2.75) is 19.4 Å². The number of hydrogen-bond acceptors (Lipinski definition) is 4. The smallest absolute Gasteiger partial charge is 0.478 e. The predicted molar refractivity (Wildman–Crippen MR) is 57.6 cm³/mol. The summed E-state index contributed by atoms with van der Waals surface area (Å²) < 4.78 is 15.7. The van der Waals surface area contributed by atoms with E-state index in [1.54, 1.807) is 6.08 Å². The Kier molecular flexibility index (Phi) is 5.74. The van der Waals surface area contributed by atoms with E-state index in [2.05, 4.69) is 0 Å². The normalized spacial score (nSPS) is 15.1. The van der Waals surface area contributed by atoms with Gasteiger partial charge >= 0.3 is 14.8 Å². The Hall–Kier alpha value is -0.693.